The fourth-order valence-electron chi connectivity index (χ4n) is 2.41. The van der Waals surface area contributed by atoms with Gasteiger partial charge in [-0.15, -0.1) is 0 Å². The van der Waals surface area contributed by atoms with E-state index in [0.717, 1.165) is 5.56 Å². The van der Waals surface area contributed by atoms with E-state index in [0.29, 0.717) is 11.3 Å². The molecule has 0 saturated heterocycles. The minimum atomic E-state index is -0.563. The molecule has 0 aliphatic carbocycles. The average Bonchev–Trinajstić information content (AvgIpc) is 2.54. The lowest BCUT2D eigenvalue weighted by Gasteiger charge is -2.27. The molecule has 5 heteroatoms. The highest BCUT2D eigenvalue weighted by Crippen LogP contribution is 2.20. The molecule has 0 unspecified atom stereocenters. The highest BCUT2D eigenvalue weighted by atomic mass is 16.6. The van der Waals surface area contributed by atoms with Crippen molar-refractivity contribution in [2.45, 2.75) is 45.8 Å². The van der Waals surface area contributed by atoms with Gasteiger partial charge in [-0.25, -0.2) is 4.79 Å². The average molecular weight is 354 g/mol. The first-order valence-electron chi connectivity index (χ1n) is 8.55. The first-order chi connectivity index (χ1) is 12.1. The molecule has 0 radical (unpaired) electrons. The summed E-state index contributed by atoms with van der Waals surface area (Å²) in [5.74, 6) is -0.178. The van der Waals surface area contributed by atoms with Crippen LogP contribution in [0, 0.1) is 0 Å². The van der Waals surface area contributed by atoms with Gasteiger partial charge in [-0.3, -0.25) is 10.1 Å². The maximum atomic E-state index is 12.5. The van der Waals surface area contributed by atoms with Crippen molar-refractivity contribution in [3.05, 3.63) is 65.7 Å². The van der Waals surface area contributed by atoms with Crippen LogP contribution in [0.2, 0.25) is 0 Å². The van der Waals surface area contributed by atoms with E-state index < -0.39 is 17.2 Å². The van der Waals surface area contributed by atoms with E-state index in [1.165, 1.54) is 0 Å². The molecule has 26 heavy (non-hydrogen) atoms. The van der Waals surface area contributed by atoms with Crippen LogP contribution in [-0.2, 0) is 10.3 Å². The summed E-state index contributed by atoms with van der Waals surface area (Å²) in [6.45, 7) is 9.31. The third-order valence-corrected chi connectivity index (χ3v) is 3.71. The van der Waals surface area contributed by atoms with E-state index in [4.69, 9.17) is 4.74 Å². The highest BCUT2D eigenvalue weighted by molar-refractivity contribution is 5.95. The van der Waals surface area contributed by atoms with Gasteiger partial charge in [0.1, 0.15) is 5.60 Å². The van der Waals surface area contributed by atoms with Crippen molar-refractivity contribution in [2.75, 3.05) is 5.32 Å². The van der Waals surface area contributed by atoms with E-state index in [1.807, 2.05) is 44.2 Å². The number of carbonyl (C=O) groups excluding carboxylic acids is 2. The van der Waals surface area contributed by atoms with Crippen LogP contribution in [-0.4, -0.2) is 17.6 Å². The van der Waals surface area contributed by atoms with Gasteiger partial charge in [0.05, 0.1) is 5.54 Å². The molecule has 0 heterocycles. The van der Waals surface area contributed by atoms with Crippen molar-refractivity contribution >= 4 is 17.7 Å². The number of nitrogens with one attached hydrogen (secondary N) is 2. The Labute approximate surface area is 154 Å². The molecule has 2 rings (SSSR count). The van der Waals surface area contributed by atoms with Gasteiger partial charge in [-0.2, -0.15) is 0 Å². The molecule has 0 saturated carbocycles. The lowest BCUT2D eigenvalue weighted by Crippen LogP contribution is -2.40. The standard InChI is InChI=1S/C21H26N2O3/c1-20(2,3)26-19(25)22-17-13-11-15(12-14-17)18(24)23-21(4,5)16-9-7-6-8-10-16/h6-14H,1-5H3,(H,22,25)(H,23,24). The molecule has 2 aromatic carbocycles. The van der Waals surface area contributed by atoms with Crippen LogP contribution in [0.3, 0.4) is 0 Å². The zero-order chi connectivity index (χ0) is 19.4. The van der Waals surface area contributed by atoms with Gasteiger partial charge in [-0.1, -0.05) is 30.3 Å². The molecule has 138 valence electrons. The summed E-state index contributed by atoms with van der Waals surface area (Å²) in [4.78, 5) is 24.3. The molecule has 0 aromatic heterocycles. The van der Waals surface area contributed by atoms with Crippen LogP contribution in [0.4, 0.5) is 10.5 Å². The Bertz CT molecular complexity index is 760. The van der Waals surface area contributed by atoms with Crippen molar-refractivity contribution in [3.8, 4) is 0 Å². The number of hydrogen-bond donors (Lipinski definition) is 2. The molecule has 2 N–H and O–H groups in total. The molecule has 5 nitrogen and oxygen atoms in total. The first kappa shape index (κ1) is 19.5. The molecule has 0 fully saturated rings. The number of anilines is 1. The zero-order valence-electron chi connectivity index (χ0n) is 15.9. The van der Waals surface area contributed by atoms with Gasteiger partial charge in [0.2, 0.25) is 0 Å². The molecule has 0 aliphatic heterocycles. The van der Waals surface area contributed by atoms with Gasteiger partial charge in [-0.05, 0) is 64.4 Å². The molecule has 0 aliphatic rings. The molecular weight excluding hydrogens is 328 g/mol. The molecule has 2 amide bonds. The van der Waals surface area contributed by atoms with Crippen LogP contribution in [0.25, 0.3) is 0 Å². The second-order valence-electron chi connectivity index (χ2n) is 7.65. The summed E-state index contributed by atoms with van der Waals surface area (Å²) < 4.78 is 5.20. The van der Waals surface area contributed by atoms with E-state index in [1.54, 1.807) is 45.0 Å². The Hall–Kier alpha value is -2.82. The molecule has 0 bridgehead atoms. The lowest BCUT2D eigenvalue weighted by atomic mass is 9.94. The minimum Gasteiger partial charge on any atom is -0.444 e. The third-order valence-electron chi connectivity index (χ3n) is 3.71. The van der Waals surface area contributed by atoms with Crippen molar-refractivity contribution < 1.29 is 14.3 Å². The van der Waals surface area contributed by atoms with E-state index in [9.17, 15) is 9.59 Å². The van der Waals surface area contributed by atoms with Gasteiger partial charge in [0, 0.05) is 11.3 Å². The number of rotatable bonds is 4. The van der Waals surface area contributed by atoms with E-state index in [-0.39, 0.29) is 5.91 Å². The maximum Gasteiger partial charge on any atom is 0.412 e. The van der Waals surface area contributed by atoms with Crippen molar-refractivity contribution in [1.29, 1.82) is 0 Å². The summed E-state index contributed by atoms with van der Waals surface area (Å²) in [7, 11) is 0. The maximum absolute atomic E-state index is 12.5. The molecule has 2 aromatic rings. The monoisotopic (exact) mass is 354 g/mol. The fraction of sp³-hybridized carbons (Fsp3) is 0.333. The number of hydrogen-bond acceptors (Lipinski definition) is 3. The number of benzene rings is 2. The molecule has 0 spiro atoms. The van der Waals surface area contributed by atoms with Crippen LogP contribution in [0.5, 0.6) is 0 Å². The van der Waals surface area contributed by atoms with E-state index >= 15 is 0 Å². The number of ether oxygens (including phenoxy) is 1. The SMILES string of the molecule is CC(C)(C)OC(=O)Nc1ccc(C(=O)NC(C)(C)c2ccccc2)cc1. The quantitative estimate of drug-likeness (QED) is 0.836. The predicted molar refractivity (Wildman–Crippen MR) is 103 cm³/mol. The van der Waals surface area contributed by atoms with Crippen LogP contribution in [0.15, 0.2) is 54.6 Å². The second kappa shape index (κ2) is 7.60. The van der Waals surface area contributed by atoms with Gasteiger partial charge < -0.3 is 10.1 Å². The fourth-order valence-corrected chi connectivity index (χ4v) is 2.41. The Morgan fingerprint density at radius 1 is 0.846 bits per heavy atom. The third kappa shape index (κ3) is 5.62. The van der Waals surface area contributed by atoms with Gasteiger partial charge >= 0.3 is 6.09 Å². The summed E-state index contributed by atoms with van der Waals surface area (Å²) in [5.41, 5.74) is 1.05. The highest BCUT2D eigenvalue weighted by Gasteiger charge is 2.23. The van der Waals surface area contributed by atoms with Gasteiger partial charge in [0.25, 0.3) is 5.91 Å². The Kier molecular flexibility index (Phi) is 5.70. The molecular formula is C21H26N2O3. The predicted octanol–water partition coefficient (Wildman–Crippen LogP) is 4.70. The zero-order valence-corrected chi connectivity index (χ0v) is 15.9. The van der Waals surface area contributed by atoms with Crippen LogP contribution < -0.4 is 10.6 Å². The normalized spacial score (nSPS) is 11.6. The summed E-state index contributed by atoms with van der Waals surface area (Å²) in [5, 5.41) is 5.68. The Balaban J connectivity index is 2.01. The van der Waals surface area contributed by atoms with Crippen LogP contribution in [0.1, 0.15) is 50.5 Å². The second-order valence-corrected chi connectivity index (χ2v) is 7.65. The summed E-state index contributed by atoms with van der Waals surface area (Å²) in [6.07, 6.45) is -0.528. The summed E-state index contributed by atoms with van der Waals surface area (Å²) >= 11 is 0. The lowest BCUT2D eigenvalue weighted by molar-refractivity contribution is 0.0635. The van der Waals surface area contributed by atoms with Gasteiger partial charge in [0.15, 0.2) is 0 Å². The minimum absolute atomic E-state index is 0.178. The Morgan fingerprint density at radius 2 is 1.42 bits per heavy atom. The smallest absolute Gasteiger partial charge is 0.412 e. The van der Waals surface area contributed by atoms with Crippen LogP contribution >= 0.6 is 0 Å². The van der Waals surface area contributed by atoms with Crippen molar-refractivity contribution in [2.24, 2.45) is 0 Å². The first-order valence-corrected chi connectivity index (χ1v) is 8.55. The van der Waals surface area contributed by atoms with E-state index in [2.05, 4.69) is 10.6 Å². The topological polar surface area (TPSA) is 67.4 Å². The Morgan fingerprint density at radius 3 is 1.96 bits per heavy atom. The number of carbonyl (C=O) groups is 2. The van der Waals surface area contributed by atoms with Crippen molar-refractivity contribution in [3.63, 3.8) is 0 Å². The number of amides is 2. The largest absolute Gasteiger partial charge is 0.444 e. The van der Waals surface area contributed by atoms with Crippen molar-refractivity contribution in [1.82, 2.24) is 5.32 Å². The molecule has 0 atom stereocenters. The summed E-state index contributed by atoms with van der Waals surface area (Å²) in [6, 6.07) is 16.5.